The van der Waals surface area contributed by atoms with Gasteiger partial charge in [0.2, 0.25) is 5.88 Å². The van der Waals surface area contributed by atoms with E-state index in [4.69, 9.17) is 14.8 Å². The molecule has 1 saturated carbocycles. The Kier molecular flexibility index (Phi) is 5.61. The minimum atomic E-state index is -0.651. The fourth-order valence-corrected chi connectivity index (χ4v) is 5.57. The van der Waals surface area contributed by atoms with Crippen molar-refractivity contribution in [1.82, 2.24) is 19.9 Å². The lowest BCUT2D eigenvalue weighted by molar-refractivity contribution is -0.138. The van der Waals surface area contributed by atoms with Crippen LogP contribution in [0.3, 0.4) is 0 Å². The van der Waals surface area contributed by atoms with E-state index in [0.717, 1.165) is 61.3 Å². The summed E-state index contributed by atoms with van der Waals surface area (Å²) in [5, 5.41) is 9.06. The number of amidine groups is 1. The molecule has 170 valence electrons. The highest BCUT2D eigenvalue weighted by Gasteiger charge is 2.39. The fraction of sp³-hybridized carbons (Fsp3) is 0.583. The van der Waals surface area contributed by atoms with Crippen LogP contribution in [0.2, 0.25) is 0 Å². The van der Waals surface area contributed by atoms with Gasteiger partial charge in [-0.3, -0.25) is 4.79 Å². The first kappa shape index (κ1) is 21.0. The van der Waals surface area contributed by atoms with Gasteiger partial charge in [0.15, 0.2) is 5.65 Å². The first-order chi connectivity index (χ1) is 15.5. The van der Waals surface area contributed by atoms with Crippen molar-refractivity contribution in [2.75, 3.05) is 20.2 Å². The summed E-state index contributed by atoms with van der Waals surface area (Å²) >= 11 is 0. The molecule has 8 nitrogen and oxygen atoms in total. The standard InChI is InChI=1S/C24H31N5O3/c1-32-20-5-3-18-23(27-20)28-22(26-18)17-2-4-19(25-15-17)29-12-10-24(11-13-29)8-6-16(7-9-24)14-21(30)31/h3,5,15-16H,2,4,6-14H2,1H3,(H,30,31)(H,26,27,28). The Morgan fingerprint density at radius 3 is 2.62 bits per heavy atom. The zero-order valence-electron chi connectivity index (χ0n) is 18.6. The Morgan fingerprint density at radius 1 is 1.19 bits per heavy atom. The van der Waals surface area contributed by atoms with Gasteiger partial charge in [0.25, 0.3) is 0 Å². The van der Waals surface area contributed by atoms with E-state index in [1.165, 1.54) is 31.5 Å². The van der Waals surface area contributed by atoms with Gasteiger partial charge in [-0.25, -0.2) is 9.98 Å². The second-order valence-corrected chi connectivity index (χ2v) is 9.53. The first-order valence-corrected chi connectivity index (χ1v) is 11.7. The van der Waals surface area contributed by atoms with E-state index in [2.05, 4.69) is 19.9 Å². The molecule has 2 N–H and O–H groups in total. The van der Waals surface area contributed by atoms with Crippen LogP contribution in [0.4, 0.5) is 0 Å². The van der Waals surface area contributed by atoms with Crippen molar-refractivity contribution in [2.45, 2.75) is 57.8 Å². The molecule has 2 aromatic rings. The molecule has 0 atom stereocenters. The number of imidazole rings is 1. The van der Waals surface area contributed by atoms with Crippen molar-refractivity contribution >= 4 is 28.5 Å². The average molecular weight is 438 g/mol. The van der Waals surface area contributed by atoms with E-state index in [1.807, 2.05) is 18.3 Å². The third-order valence-corrected chi connectivity index (χ3v) is 7.64. The van der Waals surface area contributed by atoms with Gasteiger partial charge >= 0.3 is 5.97 Å². The van der Waals surface area contributed by atoms with Crippen LogP contribution in [0.25, 0.3) is 16.7 Å². The van der Waals surface area contributed by atoms with Gasteiger partial charge in [-0.1, -0.05) is 0 Å². The molecule has 1 saturated heterocycles. The smallest absolute Gasteiger partial charge is 0.303 e. The summed E-state index contributed by atoms with van der Waals surface area (Å²) in [5.41, 5.74) is 3.09. The normalized spacial score (nSPS) is 21.5. The van der Waals surface area contributed by atoms with Crippen molar-refractivity contribution in [3.05, 3.63) is 24.2 Å². The number of hydrogen-bond acceptors (Lipinski definition) is 6. The molecule has 1 aliphatic carbocycles. The topological polar surface area (TPSA) is 104 Å². The molecule has 3 aliphatic rings. The van der Waals surface area contributed by atoms with Crippen molar-refractivity contribution in [3.63, 3.8) is 0 Å². The maximum atomic E-state index is 11.0. The van der Waals surface area contributed by atoms with Gasteiger partial charge < -0.3 is 19.7 Å². The SMILES string of the molecule is COc1ccc2nc(C3=CN=C(N4CCC5(CCC(CC(=O)O)CC5)CC4)CC3)[nH]c2n1. The number of ether oxygens (including phenoxy) is 1. The lowest BCUT2D eigenvalue weighted by atomic mass is 9.65. The number of aromatic amines is 1. The number of carbonyl (C=O) groups is 1. The minimum Gasteiger partial charge on any atom is -0.481 e. The molecule has 0 bridgehead atoms. The highest BCUT2D eigenvalue weighted by atomic mass is 16.5. The van der Waals surface area contributed by atoms with Crippen LogP contribution in [0, 0.1) is 11.3 Å². The Bertz CT molecular complexity index is 1050. The Balaban J connectivity index is 1.20. The molecular weight excluding hydrogens is 406 g/mol. The summed E-state index contributed by atoms with van der Waals surface area (Å²) in [4.78, 5) is 30.6. The van der Waals surface area contributed by atoms with E-state index >= 15 is 0 Å². The van der Waals surface area contributed by atoms with Crippen molar-refractivity contribution < 1.29 is 14.6 Å². The Labute approximate surface area is 187 Å². The number of fused-ring (bicyclic) bond motifs is 1. The summed E-state index contributed by atoms with van der Waals surface area (Å²) in [7, 11) is 1.61. The van der Waals surface area contributed by atoms with E-state index in [0.29, 0.717) is 23.6 Å². The number of aliphatic carboxylic acids is 1. The van der Waals surface area contributed by atoms with Gasteiger partial charge in [0.05, 0.1) is 7.11 Å². The van der Waals surface area contributed by atoms with E-state index < -0.39 is 5.97 Å². The largest absolute Gasteiger partial charge is 0.481 e. The number of carboxylic acids is 1. The summed E-state index contributed by atoms with van der Waals surface area (Å²) in [6, 6.07) is 3.73. The minimum absolute atomic E-state index is 0.336. The first-order valence-electron chi connectivity index (χ1n) is 11.7. The molecule has 8 heteroatoms. The van der Waals surface area contributed by atoms with Gasteiger partial charge in [-0.2, -0.15) is 4.98 Å². The number of rotatable bonds is 4. The summed E-state index contributed by atoms with van der Waals surface area (Å²) in [6.07, 6.45) is 11.0. The number of nitrogens with zero attached hydrogens (tertiary/aromatic N) is 4. The van der Waals surface area contributed by atoms with Gasteiger partial charge in [0.1, 0.15) is 17.2 Å². The van der Waals surface area contributed by atoms with Crippen molar-refractivity contribution in [3.8, 4) is 5.88 Å². The fourth-order valence-electron chi connectivity index (χ4n) is 5.57. The number of allylic oxidation sites excluding steroid dienone is 1. The van der Waals surface area contributed by atoms with Crippen molar-refractivity contribution in [1.29, 1.82) is 0 Å². The Hall–Kier alpha value is -2.90. The predicted molar refractivity (Wildman–Crippen MR) is 123 cm³/mol. The summed E-state index contributed by atoms with van der Waals surface area (Å²) in [6.45, 7) is 2.11. The van der Waals surface area contributed by atoms with E-state index in [-0.39, 0.29) is 0 Å². The molecule has 0 aromatic carbocycles. The monoisotopic (exact) mass is 437 g/mol. The van der Waals surface area contributed by atoms with Gasteiger partial charge in [-0.15, -0.1) is 0 Å². The number of aromatic nitrogens is 3. The molecule has 32 heavy (non-hydrogen) atoms. The van der Waals surface area contributed by atoms with Crippen molar-refractivity contribution in [2.24, 2.45) is 16.3 Å². The van der Waals surface area contributed by atoms with Crippen LogP contribution in [0.1, 0.15) is 63.6 Å². The number of H-pyrrole nitrogens is 1. The lowest BCUT2D eigenvalue weighted by Gasteiger charge is -2.46. The number of pyridine rings is 1. The molecule has 1 spiro atoms. The third-order valence-electron chi connectivity index (χ3n) is 7.64. The number of methoxy groups -OCH3 is 1. The number of aliphatic imine (C=N–C) groups is 1. The van der Waals surface area contributed by atoms with Gasteiger partial charge in [0, 0.05) is 43.8 Å². The Morgan fingerprint density at radius 2 is 1.97 bits per heavy atom. The number of likely N-dealkylation sites (tertiary alicyclic amines) is 1. The molecule has 2 aromatic heterocycles. The molecule has 0 unspecified atom stereocenters. The third kappa shape index (κ3) is 4.23. The van der Waals surface area contributed by atoms with E-state index in [9.17, 15) is 4.79 Å². The van der Waals surface area contributed by atoms with Crippen LogP contribution < -0.4 is 4.74 Å². The molecule has 0 radical (unpaired) electrons. The van der Waals surface area contributed by atoms with Gasteiger partial charge in [-0.05, 0) is 62.3 Å². The predicted octanol–water partition coefficient (Wildman–Crippen LogP) is 4.25. The summed E-state index contributed by atoms with van der Waals surface area (Å²) in [5.74, 6) is 2.31. The highest BCUT2D eigenvalue weighted by Crippen LogP contribution is 2.47. The number of hydrogen-bond donors (Lipinski definition) is 2. The zero-order chi connectivity index (χ0) is 22.1. The van der Waals surface area contributed by atoms with E-state index in [1.54, 1.807) is 7.11 Å². The zero-order valence-corrected chi connectivity index (χ0v) is 18.6. The van der Waals surface area contributed by atoms with Crippen LogP contribution in [0.5, 0.6) is 5.88 Å². The average Bonchev–Trinajstić information content (AvgIpc) is 3.24. The van der Waals surface area contributed by atoms with Crippen LogP contribution in [-0.4, -0.2) is 57.0 Å². The number of carboxylic acid groups (broad SMARTS) is 1. The maximum absolute atomic E-state index is 11.0. The van der Waals surface area contributed by atoms with Crippen LogP contribution >= 0.6 is 0 Å². The lowest BCUT2D eigenvalue weighted by Crippen LogP contribution is -2.44. The molecule has 0 amide bonds. The number of piperidine rings is 1. The van der Waals surface area contributed by atoms with Crippen LogP contribution in [-0.2, 0) is 4.79 Å². The number of nitrogens with one attached hydrogen (secondary N) is 1. The molecule has 2 aliphatic heterocycles. The molecule has 4 heterocycles. The highest BCUT2D eigenvalue weighted by molar-refractivity contribution is 5.88. The molecule has 2 fully saturated rings. The quantitative estimate of drug-likeness (QED) is 0.741. The second-order valence-electron chi connectivity index (χ2n) is 9.53. The second kappa shape index (κ2) is 8.56. The van der Waals surface area contributed by atoms with Crippen LogP contribution in [0.15, 0.2) is 23.3 Å². The summed E-state index contributed by atoms with van der Waals surface area (Å²) < 4.78 is 5.20. The molecule has 5 rings (SSSR count). The maximum Gasteiger partial charge on any atom is 0.303 e. The molecular formula is C24H31N5O3.